The first-order valence-electron chi connectivity index (χ1n) is 25.3. The molecule has 0 saturated heterocycles. The van der Waals surface area contributed by atoms with Crippen molar-refractivity contribution < 1.29 is 29.7 Å². The Labute approximate surface area is 370 Å². The van der Waals surface area contributed by atoms with Gasteiger partial charge in [0.15, 0.2) is 0 Å². The second-order valence-corrected chi connectivity index (χ2v) is 17.4. The molecule has 2 unspecified atom stereocenters. The highest BCUT2D eigenvalue weighted by molar-refractivity contribution is 5.70. The third-order valence-electron chi connectivity index (χ3n) is 11.8. The number of carboxylic acids is 3. The largest absolute Gasteiger partial charge is 0.481 e. The van der Waals surface area contributed by atoms with E-state index in [2.05, 4.69) is 67.7 Å². The zero-order valence-electron chi connectivity index (χ0n) is 38.9. The van der Waals surface area contributed by atoms with E-state index in [4.69, 9.17) is 10.2 Å². The smallest absolute Gasteiger partial charge is 0.306 e. The van der Waals surface area contributed by atoms with Crippen LogP contribution in [0.5, 0.6) is 0 Å². The van der Waals surface area contributed by atoms with Gasteiger partial charge in [-0.3, -0.25) is 14.4 Å². The molecule has 0 aliphatic carbocycles. The van der Waals surface area contributed by atoms with Crippen molar-refractivity contribution in [3.8, 4) is 0 Å². The van der Waals surface area contributed by atoms with Crippen molar-refractivity contribution in [3.63, 3.8) is 0 Å². The van der Waals surface area contributed by atoms with Crippen LogP contribution in [0.2, 0.25) is 0 Å². The van der Waals surface area contributed by atoms with Crippen LogP contribution in [0, 0.1) is 11.8 Å². The van der Waals surface area contributed by atoms with E-state index in [-0.39, 0.29) is 18.3 Å². The summed E-state index contributed by atoms with van der Waals surface area (Å²) in [6.07, 6.45) is 63.8. The van der Waals surface area contributed by atoms with Gasteiger partial charge in [-0.15, -0.1) is 0 Å². The Hall–Kier alpha value is -2.89. The summed E-state index contributed by atoms with van der Waals surface area (Å²) in [5.74, 6) is -1.92. The molecule has 0 aliphatic rings. The number of unbranched alkanes of at least 4 members (excludes halogenated alkanes) is 25. The monoisotopic (exact) mass is 839 g/mol. The highest BCUT2D eigenvalue weighted by Crippen LogP contribution is 2.30. The van der Waals surface area contributed by atoms with E-state index < -0.39 is 17.9 Å². The maximum Gasteiger partial charge on any atom is 0.306 e. The summed E-state index contributed by atoms with van der Waals surface area (Å²) in [6, 6.07) is 0. The highest BCUT2D eigenvalue weighted by atomic mass is 16.4. The number of rotatable bonds is 47. The Kier molecular flexibility index (Phi) is 44.9. The van der Waals surface area contributed by atoms with Crippen molar-refractivity contribution >= 4 is 17.9 Å². The quantitative estimate of drug-likeness (QED) is 0.0416. The fraction of sp³-hybridized carbons (Fsp3) is 0.759. The first kappa shape index (κ1) is 57.1. The molecule has 6 heteroatoms. The van der Waals surface area contributed by atoms with Gasteiger partial charge in [-0.1, -0.05) is 177 Å². The van der Waals surface area contributed by atoms with Crippen molar-refractivity contribution in [2.24, 2.45) is 11.8 Å². The third-order valence-corrected chi connectivity index (χ3v) is 11.8. The zero-order valence-corrected chi connectivity index (χ0v) is 38.9. The minimum absolute atomic E-state index is 0.226. The summed E-state index contributed by atoms with van der Waals surface area (Å²) in [4.78, 5) is 33.8. The number of hydrogen-bond donors (Lipinski definition) is 3. The molecule has 0 radical (unpaired) electrons. The minimum Gasteiger partial charge on any atom is -0.481 e. The van der Waals surface area contributed by atoms with Crippen LogP contribution in [0.3, 0.4) is 0 Å². The summed E-state index contributed by atoms with van der Waals surface area (Å²) in [5, 5.41) is 27.8. The SMILES string of the molecule is CCCCCCCC/C=C\CCCCCC(CCCCC/C=C\C/C=C\CCCCCCCC(=O)O)C(CCCCC/C=C\C/C=C\CCCCCCCC(=O)O)C(=O)O. The molecule has 2 atom stereocenters. The summed E-state index contributed by atoms with van der Waals surface area (Å²) < 4.78 is 0. The molecular formula is C54H94O6. The van der Waals surface area contributed by atoms with Crippen molar-refractivity contribution in [1.82, 2.24) is 0 Å². The van der Waals surface area contributed by atoms with E-state index in [1.165, 1.54) is 89.9 Å². The van der Waals surface area contributed by atoms with E-state index in [1.54, 1.807) is 0 Å². The number of carboxylic acid groups (broad SMARTS) is 3. The van der Waals surface area contributed by atoms with Gasteiger partial charge >= 0.3 is 17.9 Å². The summed E-state index contributed by atoms with van der Waals surface area (Å²) in [7, 11) is 0. The van der Waals surface area contributed by atoms with Crippen LogP contribution in [0.15, 0.2) is 60.8 Å². The molecular weight excluding hydrogens is 745 g/mol. The first-order valence-corrected chi connectivity index (χ1v) is 25.3. The number of aliphatic carboxylic acids is 3. The van der Waals surface area contributed by atoms with E-state index in [0.717, 1.165) is 141 Å². The molecule has 0 spiro atoms. The molecule has 0 heterocycles. The topological polar surface area (TPSA) is 112 Å². The molecule has 0 saturated carbocycles. The molecule has 0 fully saturated rings. The fourth-order valence-corrected chi connectivity index (χ4v) is 8.03. The number of hydrogen-bond acceptors (Lipinski definition) is 3. The average molecular weight is 839 g/mol. The molecule has 0 aromatic heterocycles. The van der Waals surface area contributed by atoms with Crippen molar-refractivity contribution in [2.45, 2.75) is 251 Å². The number of allylic oxidation sites excluding steroid dienone is 10. The lowest BCUT2D eigenvalue weighted by Crippen LogP contribution is -2.24. The molecule has 0 aromatic rings. The Morgan fingerprint density at radius 1 is 0.350 bits per heavy atom. The Balaban J connectivity index is 4.52. The molecule has 3 N–H and O–H groups in total. The Morgan fingerprint density at radius 2 is 0.633 bits per heavy atom. The molecule has 60 heavy (non-hydrogen) atoms. The van der Waals surface area contributed by atoms with Crippen LogP contribution in [0.1, 0.15) is 251 Å². The molecule has 346 valence electrons. The van der Waals surface area contributed by atoms with Crippen molar-refractivity contribution in [1.29, 1.82) is 0 Å². The molecule has 0 bridgehead atoms. The van der Waals surface area contributed by atoms with Crippen molar-refractivity contribution in [2.75, 3.05) is 0 Å². The first-order chi connectivity index (χ1) is 29.4. The third kappa shape index (κ3) is 44.7. The zero-order chi connectivity index (χ0) is 43.8. The molecule has 6 nitrogen and oxygen atoms in total. The molecule has 0 amide bonds. The van der Waals surface area contributed by atoms with Gasteiger partial charge in [0.05, 0.1) is 5.92 Å². The number of carbonyl (C=O) groups is 3. The fourth-order valence-electron chi connectivity index (χ4n) is 8.03. The van der Waals surface area contributed by atoms with Crippen LogP contribution in [0.25, 0.3) is 0 Å². The Bertz CT molecular complexity index is 1120. The van der Waals surface area contributed by atoms with Gasteiger partial charge in [-0.2, -0.15) is 0 Å². The van der Waals surface area contributed by atoms with Gasteiger partial charge in [0, 0.05) is 12.8 Å². The van der Waals surface area contributed by atoms with E-state index >= 15 is 0 Å². The van der Waals surface area contributed by atoms with Gasteiger partial charge in [0.2, 0.25) is 0 Å². The van der Waals surface area contributed by atoms with Crippen LogP contribution >= 0.6 is 0 Å². The van der Waals surface area contributed by atoms with E-state index in [9.17, 15) is 19.5 Å². The van der Waals surface area contributed by atoms with E-state index in [0.29, 0.717) is 6.42 Å². The van der Waals surface area contributed by atoms with Gasteiger partial charge < -0.3 is 15.3 Å². The lowest BCUT2D eigenvalue weighted by molar-refractivity contribution is -0.144. The van der Waals surface area contributed by atoms with Gasteiger partial charge in [0.25, 0.3) is 0 Å². The maximum absolute atomic E-state index is 12.6. The Morgan fingerprint density at radius 3 is 0.967 bits per heavy atom. The van der Waals surface area contributed by atoms with Crippen LogP contribution in [-0.4, -0.2) is 33.2 Å². The molecule has 0 rings (SSSR count). The van der Waals surface area contributed by atoms with E-state index in [1.807, 2.05) is 0 Å². The van der Waals surface area contributed by atoms with Gasteiger partial charge in [0.1, 0.15) is 0 Å². The van der Waals surface area contributed by atoms with Gasteiger partial charge in [-0.05, 0) is 128 Å². The second kappa shape index (κ2) is 47.2. The van der Waals surface area contributed by atoms with Crippen LogP contribution < -0.4 is 0 Å². The summed E-state index contributed by atoms with van der Waals surface area (Å²) in [6.45, 7) is 2.27. The predicted octanol–water partition coefficient (Wildman–Crippen LogP) is 17.1. The normalized spacial score (nSPS) is 13.2. The maximum atomic E-state index is 12.6. The standard InChI is InChI=1S/C54H94O6/c1-2-3-4-5-6-7-8-15-20-25-30-35-40-45-50(46-41-36-31-26-21-16-11-9-13-18-23-28-33-38-43-48-52(55)56)51(54(59)60)47-42-37-32-27-22-17-12-10-14-19-24-29-34-39-44-49-53(57)58/h9-10,13-17,20-22,50-51H,2-8,11-12,18-19,23-49H2,1H3,(H,55,56)(H,57,58)(H,59,60)/b13-9-,14-10-,20-15-,21-16-,22-17-. The van der Waals surface area contributed by atoms with Gasteiger partial charge in [-0.25, -0.2) is 0 Å². The highest BCUT2D eigenvalue weighted by Gasteiger charge is 2.27. The second-order valence-electron chi connectivity index (χ2n) is 17.4. The summed E-state index contributed by atoms with van der Waals surface area (Å²) >= 11 is 0. The minimum atomic E-state index is -0.693. The average Bonchev–Trinajstić information content (AvgIpc) is 3.22. The lowest BCUT2D eigenvalue weighted by Gasteiger charge is -2.24. The summed E-state index contributed by atoms with van der Waals surface area (Å²) in [5.41, 5.74) is 0. The lowest BCUT2D eigenvalue weighted by atomic mass is 9.80. The predicted molar refractivity (Wildman–Crippen MR) is 257 cm³/mol. The molecule has 0 aliphatic heterocycles. The van der Waals surface area contributed by atoms with Crippen molar-refractivity contribution in [3.05, 3.63) is 60.8 Å². The molecule has 0 aromatic carbocycles. The van der Waals surface area contributed by atoms with Crippen LogP contribution in [-0.2, 0) is 14.4 Å². The van der Waals surface area contributed by atoms with Crippen LogP contribution in [0.4, 0.5) is 0 Å².